The van der Waals surface area contributed by atoms with Crippen molar-refractivity contribution < 1.29 is 22.4 Å². The van der Waals surface area contributed by atoms with Gasteiger partial charge in [-0.05, 0) is 51.0 Å². The molecule has 2 saturated heterocycles. The lowest BCUT2D eigenvalue weighted by Crippen LogP contribution is -2.58. The van der Waals surface area contributed by atoms with Crippen LogP contribution in [0.3, 0.4) is 0 Å². The molecule has 2 fully saturated rings. The molecule has 1 aromatic rings. The second kappa shape index (κ2) is 9.40. The van der Waals surface area contributed by atoms with Crippen LogP contribution in [0, 0.1) is 5.82 Å². The Labute approximate surface area is 176 Å². The molecule has 2 N–H and O–H groups in total. The maximum atomic E-state index is 13.1. The summed E-state index contributed by atoms with van der Waals surface area (Å²) in [7, 11) is -3.82. The molecule has 0 bridgehead atoms. The summed E-state index contributed by atoms with van der Waals surface area (Å²) in [5.41, 5.74) is 0. The Morgan fingerprint density at radius 1 is 1.27 bits per heavy atom. The summed E-state index contributed by atoms with van der Waals surface area (Å²) in [6, 6.07) is 3.75. The predicted molar refractivity (Wildman–Crippen MR) is 110 cm³/mol. The third-order valence-corrected chi connectivity index (χ3v) is 7.41. The van der Waals surface area contributed by atoms with Gasteiger partial charge in [-0.2, -0.15) is 0 Å². The highest BCUT2D eigenvalue weighted by molar-refractivity contribution is 7.89. The number of benzene rings is 1. The summed E-state index contributed by atoms with van der Waals surface area (Å²) in [6.07, 6.45) is 1.34. The molecule has 0 aliphatic carbocycles. The number of hydrogen-bond donors (Lipinski definition) is 2. The first-order valence-electron chi connectivity index (χ1n) is 10.3. The molecule has 3 rings (SSSR count). The van der Waals surface area contributed by atoms with Crippen LogP contribution in [0.4, 0.5) is 4.39 Å². The van der Waals surface area contributed by atoms with Gasteiger partial charge >= 0.3 is 0 Å². The zero-order chi connectivity index (χ0) is 21.9. The number of nitrogens with one attached hydrogen (secondary N) is 2. The first-order valence-corrected chi connectivity index (χ1v) is 11.8. The SMILES string of the molecule is CCN(CC)C(=O)CCC1CNC(=O)C2CC(NS(=O)(=O)c3ccc(F)cc3)CN12. The molecule has 0 radical (unpaired) electrons. The minimum Gasteiger partial charge on any atom is -0.353 e. The Morgan fingerprint density at radius 2 is 1.93 bits per heavy atom. The normalized spacial score (nSPS) is 24.4. The van der Waals surface area contributed by atoms with Gasteiger partial charge < -0.3 is 10.2 Å². The lowest BCUT2D eigenvalue weighted by molar-refractivity contribution is -0.132. The predicted octanol–water partition coefficient (Wildman–Crippen LogP) is 0.694. The molecule has 2 amide bonds. The zero-order valence-electron chi connectivity index (χ0n) is 17.3. The third kappa shape index (κ3) is 4.98. The molecule has 30 heavy (non-hydrogen) atoms. The van der Waals surface area contributed by atoms with Crippen LogP contribution in [0.2, 0.25) is 0 Å². The van der Waals surface area contributed by atoms with Gasteiger partial charge in [0.05, 0.1) is 10.9 Å². The molecule has 10 heteroatoms. The fourth-order valence-electron chi connectivity index (χ4n) is 4.25. The lowest BCUT2D eigenvalue weighted by atomic mass is 10.0. The minimum atomic E-state index is -3.82. The van der Waals surface area contributed by atoms with Crippen LogP contribution >= 0.6 is 0 Å². The highest BCUT2D eigenvalue weighted by atomic mass is 32.2. The standard InChI is InChI=1S/C20H29FN4O4S/c1-3-24(4-2)19(26)10-7-16-12-22-20(27)18-11-15(13-25(16)18)23-30(28,29)17-8-5-14(21)6-9-17/h5-6,8-9,15-16,18,23H,3-4,7,10-13H2,1-2H3,(H,22,27). The number of amides is 2. The van der Waals surface area contributed by atoms with E-state index < -0.39 is 27.9 Å². The number of nitrogens with zero attached hydrogens (tertiary/aromatic N) is 2. The molecular formula is C20H29FN4O4S. The Hall–Kier alpha value is -2.04. The van der Waals surface area contributed by atoms with E-state index in [9.17, 15) is 22.4 Å². The average molecular weight is 441 g/mol. The summed E-state index contributed by atoms with van der Waals surface area (Å²) in [5, 5.41) is 2.88. The highest BCUT2D eigenvalue weighted by Crippen LogP contribution is 2.27. The maximum absolute atomic E-state index is 13.1. The molecule has 2 aliphatic rings. The molecule has 2 heterocycles. The van der Waals surface area contributed by atoms with E-state index in [-0.39, 0.29) is 22.8 Å². The fraction of sp³-hybridized carbons (Fsp3) is 0.600. The summed E-state index contributed by atoms with van der Waals surface area (Å²) in [6.45, 7) is 6.04. The molecule has 1 aromatic carbocycles. The van der Waals surface area contributed by atoms with E-state index in [1.165, 1.54) is 12.1 Å². The van der Waals surface area contributed by atoms with Crippen LogP contribution in [-0.2, 0) is 19.6 Å². The number of carbonyl (C=O) groups is 2. The van der Waals surface area contributed by atoms with E-state index in [0.717, 1.165) is 12.1 Å². The van der Waals surface area contributed by atoms with Crippen molar-refractivity contribution in [1.82, 2.24) is 19.8 Å². The Balaban J connectivity index is 1.64. The van der Waals surface area contributed by atoms with E-state index in [2.05, 4.69) is 10.0 Å². The Morgan fingerprint density at radius 3 is 2.57 bits per heavy atom. The third-order valence-electron chi connectivity index (χ3n) is 5.88. The molecule has 0 saturated carbocycles. The van der Waals surface area contributed by atoms with E-state index in [4.69, 9.17) is 0 Å². The van der Waals surface area contributed by atoms with Crippen LogP contribution in [0.15, 0.2) is 29.2 Å². The zero-order valence-corrected chi connectivity index (χ0v) is 18.1. The molecule has 8 nitrogen and oxygen atoms in total. The van der Waals surface area contributed by atoms with Gasteiger partial charge in [0.2, 0.25) is 21.8 Å². The van der Waals surface area contributed by atoms with Crippen molar-refractivity contribution in [2.24, 2.45) is 0 Å². The van der Waals surface area contributed by atoms with Gasteiger partial charge in [0.15, 0.2) is 0 Å². The average Bonchev–Trinajstić information content (AvgIpc) is 3.12. The molecule has 0 aromatic heterocycles. The van der Waals surface area contributed by atoms with Gasteiger partial charge in [-0.1, -0.05) is 0 Å². The van der Waals surface area contributed by atoms with Crippen molar-refractivity contribution in [2.75, 3.05) is 26.2 Å². The van der Waals surface area contributed by atoms with Gasteiger partial charge in [0, 0.05) is 44.7 Å². The number of sulfonamides is 1. The van der Waals surface area contributed by atoms with Crippen molar-refractivity contribution in [1.29, 1.82) is 0 Å². The highest BCUT2D eigenvalue weighted by Gasteiger charge is 2.44. The number of fused-ring (bicyclic) bond motifs is 1. The molecule has 166 valence electrons. The largest absolute Gasteiger partial charge is 0.353 e. The van der Waals surface area contributed by atoms with E-state index in [1.807, 2.05) is 18.7 Å². The summed E-state index contributed by atoms with van der Waals surface area (Å²) in [5.74, 6) is -0.545. The Kier molecular flexibility index (Phi) is 7.10. The van der Waals surface area contributed by atoms with Crippen LogP contribution in [0.5, 0.6) is 0 Å². The van der Waals surface area contributed by atoms with Crippen LogP contribution in [0.1, 0.15) is 33.1 Å². The van der Waals surface area contributed by atoms with Gasteiger partial charge in [-0.3, -0.25) is 14.5 Å². The summed E-state index contributed by atoms with van der Waals surface area (Å²) in [4.78, 5) is 28.4. The molecule has 2 aliphatic heterocycles. The topological polar surface area (TPSA) is 98.8 Å². The van der Waals surface area contributed by atoms with E-state index in [1.54, 1.807) is 4.90 Å². The van der Waals surface area contributed by atoms with Crippen molar-refractivity contribution in [3.63, 3.8) is 0 Å². The fourth-order valence-corrected chi connectivity index (χ4v) is 5.49. The van der Waals surface area contributed by atoms with Gasteiger partial charge in [0.25, 0.3) is 0 Å². The van der Waals surface area contributed by atoms with Gasteiger partial charge in [0.1, 0.15) is 5.82 Å². The second-order valence-corrected chi connectivity index (χ2v) is 9.44. The van der Waals surface area contributed by atoms with Crippen molar-refractivity contribution >= 4 is 21.8 Å². The quantitative estimate of drug-likeness (QED) is 0.620. The van der Waals surface area contributed by atoms with Crippen LogP contribution in [0.25, 0.3) is 0 Å². The smallest absolute Gasteiger partial charge is 0.240 e. The first-order chi connectivity index (χ1) is 14.2. The second-order valence-electron chi connectivity index (χ2n) is 7.72. The first kappa shape index (κ1) is 22.6. The molecule has 3 atom stereocenters. The monoisotopic (exact) mass is 440 g/mol. The molecule has 0 spiro atoms. The van der Waals surface area contributed by atoms with Crippen LogP contribution in [-0.4, -0.2) is 74.3 Å². The number of piperazine rings is 1. The number of halogens is 1. The summed E-state index contributed by atoms with van der Waals surface area (Å²) >= 11 is 0. The van der Waals surface area contributed by atoms with E-state index >= 15 is 0 Å². The van der Waals surface area contributed by atoms with Gasteiger partial charge in [-0.25, -0.2) is 17.5 Å². The lowest BCUT2D eigenvalue weighted by Gasteiger charge is -2.37. The number of hydrogen-bond acceptors (Lipinski definition) is 5. The Bertz CT molecular complexity index is 873. The van der Waals surface area contributed by atoms with Gasteiger partial charge in [-0.15, -0.1) is 0 Å². The minimum absolute atomic E-state index is 0.0143. The molecular weight excluding hydrogens is 411 g/mol. The number of rotatable bonds is 8. The maximum Gasteiger partial charge on any atom is 0.240 e. The summed E-state index contributed by atoms with van der Waals surface area (Å²) < 4.78 is 41.0. The number of carbonyl (C=O) groups excluding carboxylic acids is 2. The molecule has 3 unspecified atom stereocenters. The van der Waals surface area contributed by atoms with Crippen molar-refractivity contribution in [3.8, 4) is 0 Å². The van der Waals surface area contributed by atoms with Crippen molar-refractivity contribution in [2.45, 2.75) is 56.1 Å². The van der Waals surface area contributed by atoms with Crippen molar-refractivity contribution in [3.05, 3.63) is 30.1 Å². The van der Waals surface area contributed by atoms with E-state index in [0.29, 0.717) is 45.4 Å². The van der Waals surface area contributed by atoms with Crippen LogP contribution < -0.4 is 10.0 Å².